The van der Waals surface area contributed by atoms with Gasteiger partial charge in [-0.15, -0.1) is 0 Å². The molecule has 3 rings (SSSR count). The lowest BCUT2D eigenvalue weighted by Crippen LogP contribution is -2.17. The van der Waals surface area contributed by atoms with Crippen LogP contribution in [0.2, 0.25) is 0 Å². The molecule has 0 atom stereocenters. The Hall–Kier alpha value is -2.34. The Bertz CT molecular complexity index is 660. The molecule has 1 aliphatic heterocycles. The summed E-state index contributed by atoms with van der Waals surface area (Å²) in [5.74, 6) is -0.339. The van der Waals surface area contributed by atoms with Gasteiger partial charge in [-0.25, -0.2) is 4.98 Å². The van der Waals surface area contributed by atoms with Crippen LogP contribution in [0.5, 0.6) is 0 Å². The maximum Gasteiger partial charge on any atom is 0.290 e. The number of hydrogen-bond donors (Lipinski definition) is 1. The molecule has 0 unspecified atom stereocenters. The molecule has 2 aromatic rings. The van der Waals surface area contributed by atoms with Crippen LogP contribution in [0.3, 0.4) is 0 Å². The number of imide groups is 1. The van der Waals surface area contributed by atoms with Crippen LogP contribution in [0.25, 0.3) is 11.8 Å². The maximum atomic E-state index is 11.4. The van der Waals surface area contributed by atoms with E-state index in [2.05, 4.69) is 10.3 Å². The molecule has 5 nitrogen and oxygen atoms in total. The van der Waals surface area contributed by atoms with Crippen LogP contribution in [0.4, 0.5) is 4.79 Å². The minimum Gasteiger partial charge on any atom is -0.306 e. The Kier molecular flexibility index (Phi) is 2.92. The van der Waals surface area contributed by atoms with Gasteiger partial charge >= 0.3 is 0 Å². The summed E-state index contributed by atoms with van der Waals surface area (Å²) in [6.07, 6.45) is 6.97. The van der Waals surface area contributed by atoms with Crippen molar-refractivity contribution in [2.24, 2.45) is 0 Å². The summed E-state index contributed by atoms with van der Waals surface area (Å²) in [5.41, 5.74) is 1.86. The van der Waals surface area contributed by atoms with Gasteiger partial charge in [0.15, 0.2) is 0 Å². The lowest BCUT2D eigenvalue weighted by molar-refractivity contribution is -0.115. The van der Waals surface area contributed by atoms with Crippen molar-refractivity contribution in [3.05, 3.63) is 53.5 Å². The standard InChI is InChI=1S/C13H9N3O2S/c17-12-11(19-13(18)15-12)7-9-1-3-10(4-2-9)16-6-5-14-8-16/h1-8H,(H,15,17,18). The van der Waals surface area contributed by atoms with Gasteiger partial charge in [-0.1, -0.05) is 12.1 Å². The second-order valence-electron chi connectivity index (χ2n) is 3.91. The number of nitrogens with zero attached hydrogens (tertiary/aromatic N) is 2. The molecule has 1 aliphatic rings. The summed E-state index contributed by atoms with van der Waals surface area (Å²) < 4.78 is 1.89. The lowest BCUT2D eigenvalue weighted by atomic mass is 10.2. The first-order valence-corrected chi connectivity index (χ1v) is 6.37. The van der Waals surface area contributed by atoms with E-state index in [0.29, 0.717) is 4.91 Å². The van der Waals surface area contributed by atoms with E-state index in [4.69, 9.17) is 0 Å². The fourth-order valence-corrected chi connectivity index (χ4v) is 2.41. The second kappa shape index (κ2) is 4.74. The molecule has 1 saturated heterocycles. The van der Waals surface area contributed by atoms with Gasteiger partial charge < -0.3 is 4.57 Å². The van der Waals surface area contributed by atoms with E-state index in [0.717, 1.165) is 23.0 Å². The molecular formula is C13H9N3O2S. The van der Waals surface area contributed by atoms with Crippen molar-refractivity contribution >= 4 is 29.0 Å². The van der Waals surface area contributed by atoms with E-state index in [-0.39, 0.29) is 11.1 Å². The van der Waals surface area contributed by atoms with E-state index in [1.165, 1.54) is 0 Å². The van der Waals surface area contributed by atoms with Crippen LogP contribution in [0.1, 0.15) is 5.56 Å². The number of hydrogen-bond acceptors (Lipinski definition) is 4. The predicted octanol–water partition coefficient (Wildman–Crippen LogP) is 2.20. The van der Waals surface area contributed by atoms with Gasteiger partial charge in [-0.05, 0) is 35.5 Å². The van der Waals surface area contributed by atoms with Gasteiger partial charge in [0.25, 0.3) is 11.1 Å². The number of rotatable bonds is 2. The van der Waals surface area contributed by atoms with Gasteiger partial charge in [-0.2, -0.15) is 0 Å². The zero-order valence-electron chi connectivity index (χ0n) is 9.74. The van der Waals surface area contributed by atoms with Crippen LogP contribution in [0, 0.1) is 0 Å². The predicted molar refractivity (Wildman–Crippen MR) is 72.7 cm³/mol. The molecule has 0 radical (unpaired) electrons. The molecule has 1 aromatic carbocycles. The largest absolute Gasteiger partial charge is 0.306 e. The Morgan fingerprint density at radius 1 is 1.21 bits per heavy atom. The fourth-order valence-electron chi connectivity index (χ4n) is 1.73. The highest BCUT2D eigenvalue weighted by Gasteiger charge is 2.24. The Morgan fingerprint density at radius 3 is 2.58 bits per heavy atom. The van der Waals surface area contributed by atoms with Crippen molar-refractivity contribution in [3.8, 4) is 5.69 Å². The van der Waals surface area contributed by atoms with E-state index in [1.807, 2.05) is 35.0 Å². The zero-order chi connectivity index (χ0) is 13.2. The van der Waals surface area contributed by atoms with E-state index < -0.39 is 0 Å². The quantitative estimate of drug-likeness (QED) is 0.850. The van der Waals surface area contributed by atoms with Crippen molar-refractivity contribution in [2.45, 2.75) is 0 Å². The SMILES string of the molecule is O=C1NC(=O)C(=Cc2ccc(-n3ccnc3)cc2)S1. The molecule has 2 heterocycles. The molecule has 1 aromatic heterocycles. The van der Waals surface area contributed by atoms with Gasteiger partial charge in [0.2, 0.25) is 0 Å². The molecule has 94 valence electrons. The highest BCUT2D eigenvalue weighted by molar-refractivity contribution is 8.18. The Labute approximate surface area is 113 Å². The van der Waals surface area contributed by atoms with Gasteiger partial charge in [0, 0.05) is 18.1 Å². The molecule has 1 N–H and O–H groups in total. The van der Waals surface area contributed by atoms with E-state index in [1.54, 1.807) is 18.6 Å². The lowest BCUT2D eigenvalue weighted by Gasteiger charge is -2.02. The molecule has 6 heteroatoms. The summed E-state index contributed by atoms with van der Waals surface area (Å²) in [6, 6.07) is 7.62. The fraction of sp³-hybridized carbons (Fsp3) is 0. The Balaban J connectivity index is 1.86. The van der Waals surface area contributed by atoms with Gasteiger partial charge in [0.05, 0.1) is 11.2 Å². The molecule has 0 aliphatic carbocycles. The van der Waals surface area contributed by atoms with E-state index >= 15 is 0 Å². The number of thioether (sulfide) groups is 1. The first kappa shape index (κ1) is 11.7. The summed E-state index contributed by atoms with van der Waals surface area (Å²) in [5, 5.41) is 1.90. The summed E-state index contributed by atoms with van der Waals surface area (Å²) in [7, 11) is 0. The van der Waals surface area contributed by atoms with Crippen molar-refractivity contribution in [1.29, 1.82) is 0 Å². The molecule has 1 fully saturated rings. The monoisotopic (exact) mass is 271 g/mol. The number of amides is 2. The normalized spacial score (nSPS) is 16.9. The molecule has 2 amide bonds. The summed E-state index contributed by atoms with van der Waals surface area (Å²) >= 11 is 0.917. The molecule has 0 bridgehead atoms. The number of aromatic nitrogens is 2. The van der Waals surface area contributed by atoms with Crippen LogP contribution in [-0.2, 0) is 4.79 Å². The minimum absolute atomic E-state index is 0.328. The molecule has 0 spiro atoms. The van der Waals surface area contributed by atoms with Gasteiger partial charge in [-0.3, -0.25) is 14.9 Å². The third-order valence-electron chi connectivity index (χ3n) is 2.64. The van der Waals surface area contributed by atoms with Crippen molar-refractivity contribution < 1.29 is 9.59 Å². The van der Waals surface area contributed by atoms with Crippen molar-refractivity contribution in [3.63, 3.8) is 0 Å². The first-order valence-electron chi connectivity index (χ1n) is 5.55. The maximum absolute atomic E-state index is 11.4. The van der Waals surface area contributed by atoms with Crippen molar-refractivity contribution in [1.82, 2.24) is 14.9 Å². The number of nitrogens with one attached hydrogen (secondary N) is 1. The number of imidazole rings is 1. The third-order valence-corrected chi connectivity index (χ3v) is 3.45. The van der Waals surface area contributed by atoms with Crippen LogP contribution in [-0.4, -0.2) is 20.7 Å². The molecule has 19 heavy (non-hydrogen) atoms. The Morgan fingerprint density at radius 2 is 2.00 bits per heavy atom. The topological polar surface area (TPSA) is 64.0 Å². The highest BCUT2D eigenvalue weighted by atomic mass is 32.2. The minimum atomic E-state index is -0.339. The average molecular weight is 271 g/mol. The van der Waals surface area contributed by atoms with Crippen molar-refractivity contribution in [2.75, 3.05) is 0 Å². The number of carbonyl (C=O) groups excluding carboxylic acids is 2. The van der Waals surface area contributed by atoms with Gasteiger partial charge in [0.1, 0.15) is 0 Å². The zero-order valence-corrected chi connectivity index (χ0v) is 10.6. The highest BCUT2D eigenvalue weighted by Crippen LogP contribution is 2.25. The van der Waals surface area contributed by atoms with E-state index in [9.17, 15) is 9.59 Å². The van der Waals surface area contributed by atoms with Crippen LogP contribution < -0.4 is 5.32 Å². The second-order valence-corrected chi connectivity index (χ2v) is 4.93. The van der Waals surface area contributed by atoms with Crippen LogP contribution >= 0.6 is 11.8 Å². The summed E-state index contributed by atoms with van der Waals surface area (Å²) in [6.45, 7) is 0. The molecular weight excluding hydrogens is 262 g/mol. The first-order chi connectivity index (χ1) is 9.22. The summed E-state index contributed by atoms with van der Waals surface area (Å²) in [4.78, 5) is 26.8. The molecule has 0 saturated carbocycles. The smallest absolute Gasteiger partial charge is 0.290 e. The number of carbonyl (C=O) groups is 2. The third kappa shape index (κ3) is 2.43. The average Bonchev–Trinajstić information content (AvgIpc) is 3.01. The number of benzene rings is 1. The van der Waals surface area contributed by atoms with Crippen LogP contribution in [0.15, 0.2) is 47.9 Å².